The van der Waals surface area contributed by atoms with Crippen molar-refractivity contribution in [1.82, 2.24) is 5.32 Å². The van der Waals surface area contributed by atoms with Crippen LogP contribution in [0.3, 0.4) is 0 Å². The Kier molecular flexibility index (Phi) is 8.17. The van der Waals surface area contributed by atoms with Crippen LogP contribution in [0.5, 0.6) is 11.5 Å². The number of rotatable bonds is 10. The van der Waals surface area contributed by atoms with Gasteiger partial charge in [0.1, 0.15) is 6.54 Å². The zero-order valence-corrected chi connectivity index (χ0v) is 20.6. The van der Waals surface area contributed by atoms with Crippen LogP contribution < -0.4 is 19.1 Å². The number of hydrogen-bond acceptors (Lipinski definition) is 5. The first-order valence-electron chi connectivity index (χ1n) is 11.0. The van der Waals surface area contributed by atoms with Crippen molar-refractivity contribution < 1.29 is 22.7 Å². The van der Waals surface area contributed by atoms with Crippen molar-refractivity contribution in [3.8, 4) is 11.5 Å². The number of hydrogen-bond donors (Lipinski definition) is 1. The second kappa shape index (κ2) is 11.1. The number of ether oxygens (including phenoxy) is 2. The fourth-order valence-electron chi connectivity index (χ4n) is 3.61. The van der Waals surface area contributed by atoms with Crippen LogP contribution in [0.15, 0.2) is 77.7 Å². The van der Waals surface area contributed by atoms with Gasteiger partial charge >= 0.3 is 0 Å². The lowest BCUT2D eigenvalue weighted by Crippen LogP contribution is -2.42. The molecule has 34 heavy (non-hydrogen) atoms. The maximum Gasteiger partial charge on any atom is 0.264 e. The molecule has 0 fully saturated rings. The molecule has 3 aromatic carbocycles. The van der Waals surface area contributed by atoms with Gasteiger partial charge < -0.3 is 14.8 Å². The van der Waals surface area contributed by atoms with E-state index < -0.39 is 22.5 Å². The van der Waals surface area contributed by atoms with Crippen molar-refractivity contribution in [3.63, 3.8) is 0 Å². The quantitative estimate of drug-likeness (QED) is 0.461. The molecular weight excluding hydrogens is 452 g/mol. The van der Waals surface area contributed by atoms with Crippen LogP contribution in [0.4, 0.5) is 5.69 Å². The average Bonchev–Trinajstić information content (AvgIpc) is 2.86. The Morgan fingerprint density at radius 3 is 2.18 bits per heavy atom. The molecule has 1 atom stereocenters. The Hall–Kier alpha value is -3.52. The third-order valence-electron chi connectivity index (χ3n) is 5.50. The summed E-state index contributed by atoms with van der Waals surface area (Å²) >= 11 is 0. The van der Waals surface area contributed by atoms with Crippen molar-refractivity contribution >= 4 is 21.6 Å². The smallest absolute Gasteiger partial charge is 0.264 e. The highest BCUT2D eigenvalue weighted by Gasteiger charge is 2.28. The summed E-state index contributed by atoms with van der Waals surface area (Å²) < 4.78 is 38.8. The Morgan fingerprint density at radius 2 is 1.59 bits per heavy atom. The van der Waals surface area contributed by atoms with Gasteiger partial charge in [0.15, 0.2) is 11.5 Å². The maximum atomic E-state index is 13.6. The number of nitrogens with one attached hydrogen (secondary N) is 1. The lowest BCUT2D eigenvalue weighted by molar-refractivity contribution is -0.120. The van der Waals surface area contributed by atoms with Crippen LogP contribution >= 0.6 is 0 Å². The van der Waals surface area contributed by atoms with Crippen molar-refractivity contribution in [2.45, 2.75) is 31.2 Å². The van der Waals surface area contributed by atoms with Crippen molar-refractivity contribution in [2.75, 3.05) is 25.1 Å². The lowest BCUT2D eigenvalue weighted by atomic mass is 10.0. The summed E-state index contributed by atoms with van der Waals surface area (Å²) in [6, 6.07) is 20.4. The fraction of sp³-hybridized carbons (Fsp3) is 0.269. The van der Waals surface area contributed by atoms with Crippen LogP contribution in [-0.2, 0) is 14.8 Å². The zero-order chi connectivity index (χ0) is 24.7. The van der Waals surface area contributed by atoms with Gasteiger partial charge in [0.05, 0.1) is 30.8 Å². The van der Waals surface area contributed by atoms with E-state index in [1.807, 2.05) is 38.1 Å². The highest BCUT2D eigenvalue weighted by atomic mass is 32.2. The Morgan fingerprint density at radius 1 is 0.941 bits per heavy atom. The number of benzene rings is 3. The molecule has 0 radical (unpaired) electrons. The number of carbonyl (C=O) groups is 1. The molecule has 180 valence electrons. The highest BCUT2D eigenvalue weighted by molar-refractivity contribution is 7.92. The molecule has 3 aromatic rings. The molecule has 1 N–H and O–H groups in total. The standard InChI is InChI=1S/C26H30N2O5S/c1-5-23(20-13-11-19(2)12-14-20)27-26(29)18-28(34(30,31)22-9-7-6-8-10-22)21-15-16-24(32-3)25(17-21)33-4/h6-17,23H,5,18H2,1-4H3,(H,27,29)/t23-/m0/s1. The van der Waals surface area contributed by atoms with Crippen LogP contribution in [0.1, 0.15) is 30.5 Å². The summed E-state index contributed by atoms with van der Waals surface area (Å²) in [4.78, 5) is 13.2. The summed E-state index contributed by atoms with van der Waals surface area (Å²) in [5.41, 5.74) is 2.38. The first-order chi connectivity index (χ1) is 16.3. The largest absolute Gasteiger partial charge is 0.493 e. The van der Waals surface area contributed by atoms with E-state index in [1.54, 1.807) is 36.4 Å². The summed E-state index contributed by atoms with van der Waals surface area (Å²) in [7, 11) is -1.06. The first-order valence-corrected chi connectivity index (χ1v) is 12.4. The van der Waals surface area contributed by atoms with E-state index in [0.717, 1.165) is 15.4 Å². The van der Waals surface area contributed by atoms with Gasteiger partial charge in [-0.25, -0.2) is 8.42 Å². The van der Waals surface area contributed by atoms with E-state index in [2.05, 4.69) is 5.32 Å². The molecule has 0 bridgehead atoms. The number of amides is 1. The van der Waals surface area contributed by atoms with E-state index in [0.29, 0.717) is 23.6 Å². The molecule has 0 aliphatic carbocycles. The van der Waals surface area contributed by atoms with Gasteiger partial charge in [0, 0.05) is 6.07 Å². The van der Waals surface area contributed by atoms with E-state index in [4.69, 9.17) is 9.47 Å². The van der Waals surface area contributed by atoms with Crippen LogP contribution in [0.25, 0.3) is 0 Å². The molecular formula is C26H30N2O5S. The van der Waals surface area contributed by atoms with E-state index in [1.165, 1.54) is 26.4 Å². The molecule has 0 saturated carbocycles. The number of anilines is 1. The number of nitrogens with zero attached hydrogens (tertiary/aromatic N) is 1. The average molecular weight is 483 g/mol. The normalized spacial score (nSPS) is 12.0. The predicted octanol–water partition coefficient (Wildman–Crippen LogP) is 4.48. The highest BCUT2D eigenvalue weighted by Crippen LogP contribution is 2.33. The van der Waals surface area contributed by atoms with E-state index in [-0.39, 0.29) is 10.9 Å². The zero-order valence-electron chi connectivity index (χ0n) is 19.8. The minimum Gasteiger partial charge on any atom is -0.493 e. The molecule has 0 unspecified atom stereocenters. The van der Waals surface area contributed by atoms with Crippen LogP contribution in [0.2, 0.25) is 0 Å². The molecule has 0 spiro atoms. The summed E-state index contributed by atoms with van der Waals surface area (Å²) in [5, 5.41) is 2.98. The molecule has 0 heterocycles. The topological polar surface area (TPSA) is 84.9 Å². The molecule has 0 aliphatic rings. The van der Waals surface area contributed by atoms with Gasteiger partial charge in [0.2, 0.25) is 5.91 Å². The predicted molar refractivity (Wildman–Crippen MR) is 133 cm³/mol. The number of methoxy groups -OCH3 is 2. The third kappa shape index (κ3) is 5.69. The molecule has 7 nitrogen and oxygen atoms in total. The number of carbonyl (C=O) groups excluding carboxylic acids is 1. The molecule has 0 aromatic heterocycles. The van der Waals surface area contributed by atoms with Crippen molar-refractivity contribution in [3.05, 3.63) is 83.9 Å². The number of aryl methyl sites for hydroxylation is 1. The Balaban J connectivity index is 1.95. The van der Waals surface area contributed by atoms with Crippen LogP contribution in [0, 0.1) is 6.92 Å². The van der Waals surface area contributed by atoms with Gasteiger partial charge in [0.25, 0.3) is 10.0 Å². The first kappa shape index (κ1) is 25.1. The van der Waals surface area contributed by atoms with Gasteiger partial charge in [-0.05, 0) is 43.2 Å². The van der Waals surface area contributed by atoms with Crippen LogP contribution in [-0.4, -0.2) is 35.1 Å². The Labute approximate surface area is 201 Å². The monoisotopic (exact) mass is 482 g/mol. The summed E-state index contributed by atoms with van der Waals surface area (Å²) in [5.74, 6) is 0.402. The van der Waals surface area contributed by atoms with E-state index >= 15 is 0 Å². The van der Waals surface area contributed by atoms with Crippen molar-refractivity contribution in [2.24, 2.45) is 0 Å². The molecule has 3 rings (SSSR count). The van der Waals surface area contributed by atoms with Gasteiger partial charge in [-0.1, -0.05) is 55.0 Å². The Bertz CT molecular complexity index is 1210. The molecule has 0 aliphatic heterocycles. The summed E-state index contributed by atoms with van der Waals surface area (Å²) in [6.07, 6.45) is 0.663. The lowest BCUT2D eigenvalue weighted by Gasteiger charge is -2.26. The minimum absolute atomic E-state index is 0.0863. The van der Waals surface area contributed by atoms with E-state index in [9.17, 15) is 13.2 Å². The fourth-order valence-corrected chi connectivity index (χ4v) is 5.04. The molecule has 1 amide bonds. The maximum absolute atomic E-state index is 13.6. The van der Waals surface area contributed by atoms with Crippen molar-refractivity contribution in [1.29, 1.82) is 0 Å². The second-order valence-corrected chi connectivity index (χ2v) is 9.67. The minimum atomic E-state index is -4.03. The van der Waals surface area contributed by atoms with Gasteiger partial charge in [-0.2, -0.15) is 0 Å². The SMILES string of the molecule is CC[C@H](NC(=O)CN(c1ccc(OC)c(OC)c1)S(=O)(=O)c1ccccc1)c1ccc(C)cc1. The number of sulfonamides is 1. The third-order valence-corrected chi connectivity index (χ3v) is 7.28. The van der Waals surface area contributed by atoms with Gasteiger partial charge in [-0.3, -0.25) is 9.10 Å². The van der Waals surface area contributed by atoms with Gasteiger partial charge in [-0.15, -0.1) is 0 Å². The second-order valence-electron chi connectivity index (χ2n) is 7.80. The molecule has 0 saturated heterocycles. The summed E-state index contributed by atoms with van der Waals surface area (Å²) in [6.45, 7) is 3.57. The molecule has 8 heteroatoms.